The lowest BCUT2D eigenvalue weighted by molar-refractivity contribution is -0.132. The first-order valence-electron chi connectivity index (χ1n) is 8.86. The number of rotatable bonds is 4. The Hall–Kier alpha value is -3.00. The number of aryl methyl sites for hydroxylation is 1. The minimum absolute atomic E-state index is 0.156. The summed E-state index contributed by atoms with van der Waals surface area (Å²) >= 11 is 0. The number of anilines is 1. The van der Waals surface area contributed by atoms with Gasteiger partial charge in [0.1, 0.15) is 11.4 Å². The number of carbonyl (C=O) groups excluding carboxylic acids is 2. The highest BCUT2D eigenvalue weighted by molar-refractivity contribution is 6.02. The quantitative estimate of drug-likeness (QED) is 0.810. The van der Waals surface area contributed by atoms with Gasteiger partial charge in [0.05, 0.1) is 24.5 Å². The molecule has 3 aliphatic heterocycles. The fraction of sp³-hybridized carbons (Fsp3) is 0.368. The van der Waals surface area contributed by atoms with Crippen molar-refractivity contribution in [2.24, 2.45) is 11.8 Å². The van der Waals surface area contributed by atoms with Crippen LogP contribution in [0.25, 0.3) is 0 Å². The fourth-order valence-corrected chi connectivity index (χ4v) is 4.28. The summed E-state index contributed by atoms with van der Waals surface area (Å²) in [7, 11) is 0. The molecule has 2 fully saturated rings. The van der Waals surface area contributed by atoms with E-state index in [1.807, 2.05) is 24.3 Å². The van der Waals surface area contributed by atoms with Crippen LogP contribution in [-0.4, -0.2) is 40.2 Å². The highest BCUT2D eigenvalue weighted by atomic mass is 16.5. The summed E-state index contributed by atoms with van der Waals surface area (Å²) in [5.74, 6) is -0.381. The number of hydrogen-bond donors (Lipinski definition) is 1. The maximum atomic E-state index is 13.1. The number of carbonyl (C=O) groups is 2. The second-order valence-corrected chi connectivity index (χ2v) is 7.20. The van der Waals surface area contributed by atoms with Gasteiger partial charge in [-0.25, -0.2) is 0 Å². The van der Waals surface area contributed by atoms with Crippen LogP contribution in [0.5, 0.6) is 0 Å². The predicted octanol–water partition coefficient (Wildman–Crippen LogP) is 0.981. The van der Waals surface area contributed by atoms with Gasteiger partial charge >= 0.3 is 0 Å². The van der Waals surface area contributed by atoms with E-state index in [2.05, 4.69) is 15.5 Å². The summed E-state index contributed by atoms with van der Waals surface area (Å²) in [5.41, 5.74) is 0.128. The van der Waals surface area contributed by atoms with E-state index in [0.717, 1.165) is 5.56 Å². The number of nitrogens with zero attached hydrogens (tertiary/aromatic N) is 3. The van der Waals surface area contributed by atoms with Gasteiger partial charge in [-0.1, -0.05) is 23.4 Å². The van der Waals surface area contributed by atoms with Crippen molar-refractivity contribution in [3.8, 4) is 0 Å². The van der Waals surface area contributed by atoms with Crippen molar-refractivity contribution >= 4 is 17.6 Å². The van der Waals surface area contributed by atoms with Crippen LogP contribution in [0.15, 0.2) is 47.3 Å². The third-order valence-electron chi connectivity index (χ3n) is 5.48. The van der Waals surface area contributed by atoms with E-state index in [0.29, 0.717) is 24.7 Å². The van der Waals surface area contributed by atoms with Gasteiger partial charge in [0, 0.05) is 25.0 Å². The molecule has 1 spiro atoms. The lowest BCUT2D eigenvalue weighted by atomic mass is 9.77. The number of amides is 2. The molecule has 138 valence electrons. The number of fused-ring (bicyclic) bond motifs is 1. The van der Waals surface area contributed by atoms with Crippen LogP contribution in [0.2, 0.25) is 0 Å². The largest absolute Gasteiger partial charge is 0.360 e. The Labute approximate surface area is 155 Å². The zero-order chi connectivity index (χ0) is 18.6. The smallest absolute Gasteiger partial charge is 0.235 e. The molecule has 2 aromatic rings. The third-order valence-corrected chi connectivity index (χ3v) is 5.48. The molecule has 2 aromatic heterocycles. The zero-order valence-corrected chi connectivity index (χ0v) is 14.7. The van der Waals surface area contributed by atoms with Gasteiger partial charge < -0.3 is 14.6 Å². The Balaban J connectivity index is 1.38. The minimum Gasteiger partial charge on any atom is -0.360 e. The Bertz CT molecular complexity index is 940. The fourth-order valence-electron chi connectivity index (χ4n) is 4.28. The van der Waals surface area contributed by atoms with E-state index in [9.17, 15) is 9.59 Å². The molecule has 5 rings (SSSR count). The molecule has 8 heteroatoms. The van der Waals surface area contributed by atoms with Gasteiger partial charge in [-0.3, -0.25) is 19.5 Å². The van der Waals surface area contributed by atoms with Crippen molar-refractivity contribution in [2.45, 2.75) is 25.2 Å². The molecule has 0 aliphatic carbocycles. The number of ether oxygens (including phenoxy) is 1. The molecule has 0 radical (unpaired) electrons. The first-order chi connectivity index (χ1) is 13.1. The van der Waals surface area contributed by atoms with Crippen molar-refractivity contribution in [3.63, 3.8) is 0 Å². The van der Waals surface area contributed by atoms with Crippen molar-refractivity contribution in [1.82, 2.24) is 15.5 Å². The molecule has 2 saturated heterocycles. The van der Waals surface area contributed by atoms with E-state index in [1.54, 1.807) is 30.3 Å². The standard InChI is InChI=1S/C19H18N4O4/c1-11-7-14(22-27-11)23-10-19-5-4-13(26-19)15(16(19)18(23)25)17(24)21-9-12-3-2-6-20-8-12/h2-8,13,15-16H,9-10H2,1H3,(H,21,24)/t13-,15?,16?,19?/m1/s1. The molecule has 27 heavy (non-hydrogen) atoms. The highest BCUT2D eigenvalue weighted by Crippen LogP contribution is 2.52. The summed E-state index contributed by atoms with van der Waals surface area (Å²) in [5, 5.41) is 6.86. The molecule has 5 heterocycles. The Morgan fingerprint density at radius 1 is 1.48 bits per heavy atom. The second kappa shape index (κ2) is 5.75. The molecule has 2 bridgehead atoms. The van der Waals surface area contributed by atoms with Gasteiger partial charge in [0.15, 0.2) is 5.82 Å². The molecule has 3 aliphatic rings. The Morgan fingerprint density at radius 3 is 3.11 bits per heavy atom. The van der Waals surface area contributed by atoms with Gasteiger partial charge in [0.2, 0.25) is 11.8 Å². The van der Waals surface area contributed by atoms with Crippen molar-refractivity contribution < 1.29 is 18.8 Å². The number of pyridine rings is 1. The van der Waals surface area contributed by atoms with Gasteiger partial charge in [-0.15, -0.1) is 0 Å². The lowest BCUT2D eigenvalue weighted by Gasteiger charge is -2.23. The van der Waals surface area contributed by atoms with E-state index in [-0.39, 0.29) is 17.9 Å². The molecule has 1 N–H and O–H groups in total. The summed E-state index contributed by atoms with van der Waals surface area (Å²) < 4.78 is 11.2. The first-order valence-corrected chi connectivity index (χ1v) is 8.86. The van der Waals surface area contributed by atoms with Crippen LogP contribution in [0.3, 0.4) is 0 Å². The van der Waals surface area contributed by atoms with Crippen molar-refractivity contribution in [1.29, 1.82) is 0 Å². The second-order valence-electron chi connectivity index (χ2n) is 7.20. The first kappa shape index (κ1) is 16.2. The molecule has 0 aromatic carbocycles. The monoisotopic (exact) mass is 366 g/mol. The zero-order valence-electron chi connectivity index (χ0n) is 14.7. The third kappa shape index (κ3) is 2.40. The molecular weight excluding hydrogens is 348 g/mol. The van der Waals surface area contributed by atoms with Crippen LogP contribution < -0.4 is 10.2 Å². The van der Waals surface area contributed by atoms with Crippen LogP contribution >= 0.6 is 0 Å². The molecule has 4 atom stereocenters. The van der Waals surface area contributed by atoms with Crippen LogP contribution in [0.4, 0.5) is 5.82 Å². The highest BCUT2D eigenvalue weighted by Gasteiger charge is 2.67. The van der Waals surface area contributed by atoms with Gasteiger partial charge in [-0.2, -0.15) is 0 Å². The molecular formula is C19H18N4O4. The number of hydrogen-bond acceptors (Lipinski definition) is 6. The lowest BCUT2D eigenvalue weighted by Crippen LogP contribution is -2.44. The van der Waals surface area contributed by atoms with Crippen LogP contribution in [0, 0.1) is 18.8 Å². The average Bonchev–Trinajstić information content (AvgIpc) is 3.42. The number of nitrogens with one attached hydrogen (secondary N) is 1. The normalized spacial score (nSPS) is 30.8. The van der Waals surface area contributed by atoms with E-state index >= 15 is 0 Å². The van der Waals surface area contributed by atoms with E-state index in [4.69, 9.17) is 9.26 Å². The average molecular weight is 366 g/mol. The molecule has 0 saturated carbocycles. The predicted molar refractivity (Wildman–Crippen MR) is 93.4 cm³/mol. The summed E-state index contributed by atoms with van der Waals surface area (Å²) in [6, 6.07) is 5.42. The molecule has 8 nitrogen and oxygen atoms in total. The van der Waals surface area contributed by atoms with E-state index in [1.165, 1.54) is 0 Å². The topological polar surface area (TPSA) is 97.6 Å². The summed E-state index contributed by atoms with van der Waals surface area (Å²) in [6.45, 7) is 2.47. The van der Waals surface area contributed by atoms with E-state index < -0.39 is 17.4 Å². The van der Waals surface area contributed by atoms with Crippen LogP contribution in [0.1, 0.15) is 11.3 Å². The molecule has 2 amide bonds. The summed E-state index contributed by atoms with van der Waals surface area (Å²) in [6.07, 6.45) is 6.80. The Morgan fingerprint density at radius 2 is 2.37 bits per heavy atom. The SMILES string of the molecule is Cc1cc(N2CC34C=C[C@@H](O3)C(C(=O)NCc3cccnc3)C4C2=O)no1. The Kier molecular flexibility index (Phi) is 3.45. The maximum absolute atomic E-state index is 13.1. The minimum atomic E-state index is -0.773. The van der Waals surface area contributed by atoms with Crippen molar-refractivity contribution in [2.75, 3.05) is 11.4 Å². The van der Waals surface area contributed by atoms with Gasteiger partial charge in [-0.05, 0) is 18.6 Å². The van der Waals surface area contributed by atoms with Gasteiger partial charge in [0.25, 0.3) is 0 Å². The molecule has 3 unspecified atom stereocenters. The van der Waals surface area contributed by atoms with Crippen LogP contribution in [-0.2, 0) is 20.9 Å². The maximum Gasteiger partial charge on any atom is 0.235 e. The summed E-state index contributed by atoms with van der Waals surface area (Å²) in [4.78, 5) is 31.6. The van der Waals surface area contributed by atoms with Crippen molar-refractivity contribution in [3.05, 3.63) is 54.1 Å². The number of aromatic nitrogens is 2.